The largest absolute Gasteiger partial charge is 0.478 e. The van der Waals surface area contributed by atoms with Crippen molar-refractivity contribution in [2.24, 2.45) is 0 Å². The lowest BCUT2D eigenvalue weighted by atomic mass is 10.2. The van der Waals surface area contributed by atoms with E-state index >= 15 is 0 Å². The number of anilines is 1. The van der Waals surface area contributed by atoms with Crippen molar-refractivity contribution >= 4 is 11.7 Å². The van der Waals surface area contributed by atoms with Crippen molar-refractivity contribution in [1.82, 2.24) is 4.98 Å². The minimum atomic E-state index is -4.36. The molecule has 0 saturated heterocycles. The fourth-order valence-electron chi connectivity index (χ4n) is 1.32. The molecule has 0 aliphatic heterocycles. The first kappa shape index (κ1) is 15.2. The summed E-state index contributed by atoms with van der Waals surface area (Å²) in [5, 5.41) is 11.6. The number of aromatic nitrogens is 1. The van der Waals surface area contributed by atoms with Gasteiger partial charge in [-0.2, -0.15) is 13.2 Å². The van der Waals surface area contributed by atoms with Gasteiger partial charge in [-0.1, -0.05) is 0 Å². The van der Waals surface area contributed by atoms with Gasteiger partial charge in [0.05, 0.1) is 12.3 Å². The normalized spacial score (nSPS) is 11.4. The van der Waals surface area contributed by atoms with E-state index in [-0.39, 0.29) is 18.7 Å². The van der Waals surface area contributed by atoms with E-state index in [9.17, 15) is 18.0 Å². The highest BCUT2D eigenvalue weighted by Gasteiger charge is 2.27. The zero-order valence-corrected chi connectivity index (χ0v) is 10.1. The Kier molecular flexibility index (Phi) is 5.11. The lowest BCUT2D eigenvalue weighted by Gasteiger charge is -2.11. The number of halogens is 3. The van der Waals surface area contributed by atoms with Gasteiger partial charge in [-0.25, -0.2) is 4.79 Å². The number of carboxylic acids is 1. The predicted molar refractivity (Wildman–Crippen MR) is 61.3 cm³/mol. The first-order valence-electron chi connectivity index (χ1n) is 5.38. The predicted octanol–water partition coefficient (Wildman–Crippen LogP) is 2.08. The summed E-state index contributed by atoms with van der Waals surface area (Å²) < 4.78 is 39.8. The van der Waals surface area contributed by atoms with Crippen LogP contribution in [0.25, 0.3) is 0 Å². The molecule has 0 aliphatic rings. The molecule has 0 aliphatic carbocycles. The minimum Gasteiger partial charge on any atom is -0.478 e. The molecule has 1 aromatic heterocycles. The number of carboxylic acid groups (broad SMARTS) is 1. The Morgan fingerprint density at radius 2 is 2.21 bits per heavy atom. The first-order chi connectivity index (χ1) is 8.79. The number of hydrogen-bond acceptors (Lipinski definition) is 4. The maximum Gasteiger partial charge on any atom is 0.411 e. The average Bonchev–Trinajstić information content (AvgIpc) is 2.26. The van der Waals surface area contributed by atoms with Crippen LogP contribution < -0.4 is 5.32 Å². The molecule has 8 heteroatoms. The lowest BCUT2D eigenvalue weighted by Crippen LogP contribution is -2.20. The van der Waals surface area contributed by atoms with Crippen molar-refractivity contribution in [2.45, 2.75) is 13.1 Å². The van der Waals surface area contributed by atoms with Gasteiger partial charge in [0.15, 0.2) is 0 Å². The van der Waals surface area contributed by atoms with Crippen LogP contribution in [0, 0.1) is 6.92 Å². The number of aromatic carboxylic acids is 1. The lowest BCUT2D eigenvalue weighted by molar-refractivity contribution is -0.172. The maximum absolute atomic E-state index is 11.8. The molecular weight excluding hydrogens is 265 g/mol. The number of hydrogen-bond donors (Lipinski definition) is 2. The van der Waals surface area contributed by atoms with Gasteiger partial charge in [0.1, 0.15) is 12.2 Å². The first-order valence-corrected chi connectivity index (χ1v) is 5.38. The topological polar surface area (TPSA) is 71.5 Å². The molecule has 0 unspecified atom stereocenters. The van der Waals surface area contributed by atoms with E-state index in [0.29, 0.717) is 11.4 Å². The van der Waals surface area contributed by atoms with Crippen LogP contribution in [-0.2, 0) is 4.74 Å². The second kappa shape index (κ2) is 6.37. The summed E-state index contributed by atoms with van der Waals surface area (Å²) in [6.45, 7) is 0.243. The van der Waals surface area contributed by atoms with E-state index in [1.165, 1.54) is 12.3 Å². The van der Waals surface area contributed by atoms with Gasteiger partial charge in [0.2, 0.25) is 0 Å². The number of pyridine rings is 1. The number of nitrogens with one attached hydrogen (secondary N) is 1. The van der Waals surface area contributed by atoms with Crippen LogP contribution in [0.5, 0.6) is 0 Å². The molecule has 1 rings (SSSR count). The van der Waals surface area contributed by atoms with Gasteiger partial charge in [-0.3, -0.25) is 4.98 Å². The number of carbonyl (C=O) groups is 1. The molecule has 1 heterocycles. The van der Waals surface area contributed by atoms with Crippen molar-refractivity contribution in [3.63, 3.8) is 0 Å². The zero-order valence-electron chi connectivity index (χ0n) is 10.1. The highest BCUT2D eigenvalue weighted by atomic mass is 19.4. The molecule has 106 valence electrons. The number of rotatable bonds is 6. The third-order valence-electron chi connectivity index (χ3n) is 2.10. The van der Waals surface area contributed by atoms with Crippen LogP contribution in [0.15, 0.2) is 12.3 Å². The molecule has 0 fully saturated rings. The second-order valence-electron chi connectivity index (χ2n) is 3.77. The Hall–Kier alpha value is -1.83. The standard InChI is InChI=1S/C11H13F3N2O3/c1-7-4-9(8(5-16-7)10(17)18)15-2-3-19-6-11(12,13)14/h4-5H,2-3,6H2,1H3,(H,15,16)(H,17,18). The molecular formula is C11H13F3N2O3. The summed E-state index contributed by atoms with van der Waals surface area (Å²) in [7, 11) is 0. The molecule has 2 N–H and O–H groups in total. The van der Waals surface area contributed by atoms with Crippen LogP contribution in [-0.4, -0.2) is 42.0 Å². The average molecular weight is 278 g/mol. The van der Waals surface area contributed by atoms with Gasteiger partial charge in [-0.05, 0) is 13.0 Å². The summed E-state index contributed by atoms with van der Waals surface area (Å²) in [6.07, 6.45) is -3.17. The van der Waals surface area contributed by atoms with E-state index in [1.807, 2.05) is 0 Å². The van der Waals surface area contributed by atoms with Crippen LogP contribution in [0.4, 0.5) is 18.9 Å². The molecule has 0 bridgehead atoms. The van der Waals surface area contributed by atoms with E-state index in [0.717, 1.165) is 0 Å². The molecule has 0 atom stereocenters. The smallest absolute Gasteiger partial charge is 0.411 e. The van der Waals surface area contributed by atoms with Crippen molar-refractivity contribution in [3.05, 3.63) is 23.5 Å². The monoisotopic (exact) mass is 278 g/mol. The summed E-state index contributed by atoms with van der Waals surface area (Å²) in [5.74, 6) is -1.16. The summed E-state index contributed by atoms with van der Waals surface area (Å²) in [5.41, 5.74) is 0.862. The fraction of sp³-hybridized carbons (Fsp3) is 0.455. The maximum atomic E-state index is 11.8. The zero-order chi connectivity index (χ0) is 14.5. The van der Waals surface area contributed by atoms with Crippen LogP contribution in [0.1, 0.15) is 16.1 Å². The van der Waals surface area contributed by atoms with Crippen LogP contribution in [0.3, 0.4) is 0 Å². The summed E-state index contributed by atoms with van der Waals surface area (Å²) >= 11 is 0. The van der Waals surface area contributed by atoms with E-state index in [1.54, 1.807) is 6.92 Å². The SMILES string of the molecule is Cc1cc(NCCOCC(F)(F)F)c(C(=O)O)cn1. The third-order valence-corrected chi connectivity index (χ3v) is 2.10. The number of nitrogens with zero attached hydrogens (tertiary/aromatic N) is 1. The molecule has 0 amide bonds. The van der Waals surface area contributed by atoms with E-state index in [2.05, 4.69) is 15.0 Å². The van der Waals surface area contributed by atoms with E-state index in [4.69, 9.17) is 5.11 Å². The molecule has 5 nitrogen and oxygen atoms in total. The second-order valence-corrected chi connectivity index (χ2v) is 3.77. The highest BCUT2D eigenvalue weighted by molar-refractivity contribution is 5.93. The minimum absolute atomic E-state index is 0.0404. The Bertz CT molecular complexity index is 449. The molecule has 0 radical (unpaired) electrons. The van der Waals surface area contributed by atoms with Crippen molar-refractivity contribution in [3.8, 4) is 0 Å². The molecule has 1 aromatic rings. The third kappa shape index (κ3) is 5.56. The van der Waals surface area contributed by atoms with Crippen molar-refractivity contribution in [1.29, 1.82) is 0 Å². The Morgan fingerprint density at radius 1 is 1.53 bits per heavy atom. The van der Waals surface area contributed by atoms with Gasteiger partial charge in [0, 0.05) is 18.4 Å². The fourth-order valence-corrected chi connectivity index (χ4v) is 1.32. The molecule has 0 aromatic carbocycles. The Balaban J connectivity index is 2.49. The number of alkyl halides is 3. The number of ether oxygens (including phenoxy) is 1. The van der Waals surface area contributed by atoms with Crippen LogP contribution in [0.2, 0.25) is 0 Å². The summed E-state index contributed by atoms with van der Waals surface area (Å²) in [6, 6.07) is 1.51. The Morgan fingerprint density at radius 3 is 2.79 bits per heavy atom. The van der Waals surface area contributed by atoms with Crippen molar-refractivity contribution < 1.29 is 27.8 Å². The van der Waals surface area contributed by atoms with Gasteiger partial charge >= 0.3 is 12.1 Å². The number of aryl methyl sites for hydroxylation is 1. The molecule has 0 spiro atoms. The molecule has 19 heavy (non-hydrogen) atoms. The van der Waals surface area contributed by atoms with Gasteiger partial charge < -0.3 is 15.2 Å². The highest BCUT2D eigenvalue weighted by Crippen LogP contribution is 2.16. The summed E-state index contributed by atoms with van der Waals surface area (Å²) in [4.78, 5) is 14.7. The quantitative estimate of drug-likeness (QED) is 0.779. The molecule has 0 saturated carbocycles. The van der Waals surface area contributed by atoms with Crippen molar-refractivity contribution in [2.75, 3.05) is 25.1 Å². The van der Waals surface area contributed by atoms with Crippen LogP contribution >= 0.6 is 0 Å². The van der Waals surface area contributed by atoms with Gasteiger partial charge in [-0.15, -0.1) is 0 Å². The van der Waals surface area contributed by atoms with E-state index < -0.39 is 18.8 Å². The Labute approximate surface area is 107 Å². The van der Waals surface area contributed by atoms with Gasteiger partial charge in [0.25, 0.3) is 0 Å².